The van der Waals surface area contributed by atoms with Crippen molar-refractivity contribution >= 4 is 11.8 Å². The van der Waals surface area contributed by atoms with Crippen LogP contribution in [-0.2, 0) is 9.59 Å². The van der Waals surface area contributed by atoms with Gasteiger partial charge in [-0.3, -0.25) is 9.59 Å². The van der Waals surface area contributed by atoms with Gasteiger partial charge < -0.3 is 10.6 Å². The molecule has 1 aromatic rings. The van der Waals surface area contributed by atoms with Crippen molar-refractivity contribution < 1.29 is 18.4 Å². The first-order valence-electron chi connectivity index (χ1n) is 5.99. The molecule has 0 aromatic heterocycles. The van der Waals surface area contributed by atoms with Crippen molar-refractivity contribution in [1.82, 2.24) is 10.6 Å². The molecule has 0 spiro atoms. The first-order chi connectivity index (χ1) is 8.97. The monoisotopic (exact) mass is 268 g/mol. The highest BCUT2D eigenvalue weighted by atomic mass is 19.1. The molecule has 4 nitrogen and oxygen atoms in total. The van der Waals surface area contributed by atoms with Crippen LogP contribution in [0.25, 0.3) is 0 Å². The third kappa shape index (κ3) is 3.07. The van der Waals surface area contributed by atoms with Crippen molar-refractivity contribution in [3.8, 4) is 0 Å². The number of carbonyl (C=O) groups is 2. The van der Waals surface area contributed by atoms with E-state index < -0.39 is 23.6 Å². The lowest BCUT2D eigenvalue weighted by molar-refractivity contribution is -0.127. The fraction of sp³-hybridized carbons (Fsp3) is 0.385. The van der Waals surface area contributed by atoms with Crippen molar-refractivity contribution in [3.05, 3.63) is 35.4 Å². The summed E-state index contributed by atoms with van der Waals surface area (Å²) < 4.78 is 26.3. The van der Waals surface area contributed by atoms with Crippen LogP contribution in [0.1, 0.15) is 24.9 Å². The smallest absolute Gasteiger partial charge is 0.225 e. The Hall–Kier alpha value is -1.98. The van der Waals surface area contributed by atoms with E-state index in [4.69, 9.17) is 0 Å². The van der Waals surface area contributed by atoms with Gasteiger partial charge in [-0.2, -0.15) is 0 Å². The lowest BCUT2D eigenvalue weighted by Gasteiger charge is -2.17. The number of halogens is 2. The average Bonchev–Trinajstić information content (AvgIpc) is 2.75. The minimum atomic E-state index is -0.701. The van der Waals surface area contributed by atoms with E-state index in [1.807, 2.05) is 0 Å². The molecule has 2 amide bonds. The van der Waals surface area contributed by atoms with Crippen molar-refractivity contribution in [2.24, 2.45) is 5.92 Å². The molecule has 1 saturated heterocycles. The van der Waals surface area contributed by atoms with Crippen LogP contribution < -0.4 is 10.6 Å². The second-order valence-electron chi connectivity index (χ2n) is 4.60. The predicted molar refractivity (Wildman–Crippen MR) is 64.0 cm³/mol. The highest BCUT2D eigenvalue weighted by Crippen LogP contribution is 2.19. The molecule has 0 aliphatic carbocycles. The maximum atomic E-state index is 13.5. The number of carbonyl (C=O) groups excluding carboxylic acids is 2. The van der Waals surface area contributed by atoms with E-state index in [0.717, 1.165) is 12.1 Å². The molecule has 2 unspecified atom stereocenters. The van der Waals surface area contributed by atoms with Gasteiger partial charge in [-0.15, -0.1) is 0 Å². The molecule has 1 aromatic carbocycles. The summed E-state index contributed by atoms with van der Waals surface area (Å²) in [5, 5.41) is 5.18. The van der Waals surface area contributed by atoms with Crippen molar-refractivity contribution in [3.63, 3.8) is 0 Å². The van der Waals surface area contributed by atoms with E-state index in [9.17, 15) is 18.4 Å². The standard InChI is InChI=1S/C13H14F2N2O2/c1-7(10-3-2-9(14)5-11(10)15)17-13(19)8-4-12(18)16-6-8/h2-3,5,7-8H,4,6H2,1H3,(H,16,18)(H,17,19). The lowest BCUT2D eigenvalue weighted by atomic mass is 10.0. The van der Waals surface area contributed by atoms with Gasteiger partial charge in [-0.05, 0) is 13.0 Å². The molecule has 0 radical (unpaired) electrons. The summed E-state index contributed by atoms with van der Waals surface area (Å²) >= 11 is 0. The van der Waals surface area contributed by atoms with Crippen LogP contribution in [0.5, 0.6) is 0 Å². The normalized spacial score (nSPS) is 19.9. The number of benzene rings is 1. The quantitative estimate of drug-likeness (QED) is 0.867. The summed E-state index contributed by atoms with van der Waals surface area (Å²) in [5.41, 5.74) is 0.215. The largest absolute Gasteiger partial charge is 0.355 e. The number of rotatable bonds is 3. The number of hydrogen-bond donors (Lipinski definition) is 2. The summed E-state index contributed by atoms with van der Waals surface area (Å²) in [6.45, 7) is 1.90. The second kappa shape index (κ2) is 5.34. The average molecular weight is 268 g/mol. The topological polar surface area (TPSA) is 58.2 Å². The zero-order valence-corrected chi connectivity index (χ0v) is 10.4. The Labute approximate surface area is 109 Å². The van der Waals surface area contributed by atoms with E-state index in [2.05, 4.69) is 10.6 Å². The third-order valence-electron chi connectivity index (χ3n) is 3.14. The van der Waals surface area contributed by atoms with Crippen molar-refractivity contribution in [1.29, 1.82) is 0 Å². The fourth-order valence-electron chi connectivity index (χ4n) is 2.05. The number of nitrogens with one attached hydrogen (secondary N) is 2. The molecule has 1 aliphatic rings. The molecule has 2 N–H and O–H groups in total. The maximum Gasteiger partial charge on any atom is 0.225 e. The SMILES string of the molecule is CC(NC(=O)C1CNC(=O)C1)c1ccc(F)cc1F. The first-order valence-corrected chi connectivity index (χ1v) is 5.99. The van der Waals surface area contributed by atoms with Crippen LogP contribution in [0.3, 0.4) is 0 Å². The summed E-state index contributed by atoms with van der Waals surface area (Å²) in [7, 11) is 0. The van der Waals surface area contributed by atoms with Gasteiger partial charge in [0.25, 0.3) is 0 Å². The van der Waals surface area contributed by atoms with Crippen molar-refractivity contribution in [2.75, 3.05) is 6.54 Å². The maximum absolute atomic E-state index is 13.5. The Balaban J connectivity index is 2.02. The molecule has 2 rings (SSSR count). The molecular weight excluding hydrogens is 254 g/mol. The van der Waals surface area contributed by atoms with Crippen LogP contribution in [0.2, 0.25) is 0 Å². The van der Waals surface area contributed by atoms with Gasteiger partial charge in [0.1, 0.15) is 11.6 Å². The van der Waals surface area contributed by atoms with E-state index in [1.165, 1.54) is 6.07 Å². The highest BCUT2D eigenvalue weighted by molar-refractivity contribution is 5.89. The molecule has 102 valence electrons. The van der Waals surface area contributed by atoms with Crippen LogP contribution in [0, 0.1) is 17.6 Å². The second-order valence-corrected chi connectivity index (χ2v) is 4.60. The molecule has 19 heavy (non-hydrogen) atoms. The molecular formula is C13H14F2N2O2. The van der Waals surface area contributed by atoms with Crippen molar-refractivity contribution in [2.45, 2.75) is 19.4 Å². The van der Waals surface area contributed by atoms with Gasteiger partial charge >= 0.3 is 0 Å². The lowest BCUT2D eigenvalue weighted by Crippen LogP contribution is -2.34. The van der Waals surface area contributed by atoms with Crippen LogP contribution >= 0.6 is 0 Å². The van der Waals surface area contributed by atoms with Crippen LogP contribution in [0.15, 0.2) is 18.2 Å². The Kier molecular flexibility index (Phi) is 3.78. The minimum absolute atomic E-state index is 0.143. The number of hydrogen-bond acceptors (Lipinski definition) is 2. The van der Waals surface area contributed by atoms with Gasteiger partial charge in [-0.1, -0.05) is 6.07 Å². The summed E-state index contributed by atoms with van der Waals surface area (Å²) in [6.07, 6.45) is 0.143. The minimum Gasteiger partial charge on any atom is -0.355 e. The molecule has 0 saturated carbocycles. The molecule has 2 atom stereocenters. The van der Waals surface area contributed by atoms with Gasteiger partial charge in [0.2, 0.25) is 11.8 Å². The molecule has 1 fully saturated rings. The summed E-state index contributed by atoms with van der Waals surface area (Å²) in [4.78, 5) is 22.9. The zero-order valence-electron chi connectivity index (χ0n) is 10.4. The molecule has 6 heteroatoms. The Morgan fingerprint density at radius 2 is 2.21 bits per heavy atom. The molecule has 1 heterocycles. The van der Waals surface area contributed by atoms with Gasteiger partial charge in [-0.25, -0.2) is 8.78 Å². The first kappa shape index (κ1) is 13.5. The highest BCUT2D eigenvalue weighted by Gasteiger charge is 2.29. The Morgan fingerprint density at radius 1 is 1.47 bits per heavy atom. The third-order valence-corrected chi connectivity index (χ3v) is 3.14. The van der Waals surface area contributed by atoms with E-state index >= 15 is 0 Å². The van der Waals surface area contributed by atoms with Gasteiger partial charge in [0, 0.05) is 24.6 Å². The Bertz CT molecular complexity index is 519. The molecule has 1 aliphatic heterocycles. The zero-order chi connectivity index (χ0) is 14.0. The molecule has 0 bridgehead atoms. The number of amides is 2. The van der Waals surface area contributed by atoms with Crippen LogP contribution in [-0.4, -0.2) is 18.4 Å². The van der Waals surface area contributed by atoms with Crippen LogP contribution in [0.4, 0.5) is 8.78 Å². The summed E-state index contributed by atoms with van der Waals surface area (Å²) in [5.74, 6) is -2.27. The predicted octanol–water partition coefficient (Wildman–Crippen LogP) is 1.28. The van der Waals surface area contributed by atoms with E-state index in [0.29, 0.717) is 6.54 Å². The van der Waals surface area contributed by atoms with E-state index in [-0.39, 0.29) is 23.8 Å². The van der Waals surface area contributed by atoms with E-state index in [1.54, 1.807) is 6.92 Å². The Morgan fingerprint density at radius 3 is 2.79 bits per heavy atom. The fourth-order valence-corrected chi connectivity index (χ4v) is 2.05. The van der Waals surface area contributed by atoms with Gasteiger partial charge in [0.15, 0.2) is 0 Å². The van der Waals surface area contributed by atoms with Gasteiger partial charge in [0.05, 0.1) is 12.0 Å². The summed E-state index contributed by atoms with van der Waals surface area (Å²) in [6, 6.07) is 2.64.